The summed E-state index contributed by atoms with van der Waals surface area (Å²) < 4.78 is 1.28. The van der Waals surface area contributed by atoms with Gasteiger partial charge >= 0.3 is 0 Å². The van der Waals surface area contributed by atoms with Gasteiger partial charge in [0, 0.05) is 5.56 Å². The van der Waals surface area contributed by atoms with Crippen LogP contribution in [0, 0.1) is 0 Å². The zero-order valence-electron chi connectivity index (χ0n) is 13.1. The molecule has 0 amide bonds. The standard InChI is InChI=1S/C20H18N2S/c1-22(14-20-21-18-8-4-5-9-19(18)23-20)13-15-10-11-16-6-2-3-7-17(16)12-15/h2-12H,13-14H2,1H3/p+1. The van der Waals surface area contributed by atoms with Gasteiger partial charge in [-0.2, -0.15) is 0 Å². The van der Waals surface area contributed by atoms with Gasteiger partial charge in [0.05, 0.1) is 17.3 Å². The third-order valence-corrected chi connectivity index (χ3v) is 5.15. The molecule has 0 aliphatic carbocycles. The lowest BCUT2D eigenvalue weighted by atomic mass is 10.1. The first-order chi connectivity index (χ1) is 11.3. The van der Waals surface area contributed by atoms with Gasteiger partial charge in [-0.25, -0.2) is 4.98 Å². The Bertz CT molecular complexity index is 925. The summed E-state index contributed by atoms with van der Waals surface area (Å²) in [5.74, 6) is 0. The summed E-state index contributed by atoms with van der Waals surface area (Å²) in [5, 5.41) is 3.84. The van der Waals surface area contributed by atoms with Gasteiger partial charge in [0.2, 0.25) is 0 Å². The van der Waals surface area contributed by atoms with E-state index in [1.165, 1.54) is 30.9 Å². The van der Waals surface area contributed by atoms with E-state index in [1.54, 1.807) is 11.3 Å². The van der Waals surface area contributed by atoms with E-state index in [0.29, 0.717) is 0 Å². The Morgan fingerprint density at radius 2 is 1.65 bits per heavy atom. The van der Waals surface area contributed by atoms with E-state index < -0.39 is 0 Å². The topological polar surface area (TPSA) is 17.3 Å². The van der Waals surface area contributed by atoms with Gasteiger partial charge in [-0.15, -0.1) is 11.3 Å². The molecular weight excluding hydrogens is 300 g/mol. The van der Waals surface area contributed by atoms with E-state index in [9.17, 15) is 0 Å². The van der Waals surface area contributed by atoms with Gasteiger partial charge in [-0.05, 0) is 29.0 Å². The predicted octanol–water partition coefficient (Wildman–Crippen LogP) is 3.66. The molecule has 0 radical (unpaired) electrons. The fourth-order valence-corrected chi connectivity index (χ4v) is 4.09. The lowest BCUT2D eigenvalue weighted by Crippen LogP contribution is -3.06. The Kier molecular flexibility index (Phi) is 3.82. The van der Waals surface area contributed by atoms with Crippen molar-refractivity contribution >= 4 is 32.3 Å². The Morgan fingerprint density at radius 3 is 2.52 bits per heavy atom. The SMILES string of the molecule is C[NH+](Cc1ccc2ccccc2c1)Cc1nc2ccccc2s1. The van der Waals surface area contributed by atoms with Crippen LogP contribution in [0.25, 0.3) is 21.0 Å². The molecule has 2 nitrogen and oxygen atoms in total. The van der Waals surface area contributed by atoms with Crippen molar-refractivity contribution in [2.24, 2.45) is 0 Å². The van der Waals surface area contributed by atoms with Crippen LogP contribution in [0.15, 0.2) is 66.7 Å². The van der Waals surface area contributed by atoms with Crippen LogP contribution in [0.1, 0.15) is 10.6 Å². The van der Waals surface area contributed by atoms with Gasteiger partial charge in [-0.1, -0.05) is 48.5 Å². The van der Waals surface area contributed by atoms with Crippen molar-refractivity contribution in [1.82, 2.24) is 4.98 Å². The molecule has 0 spiro atoms. The van der Waals surface area contributed by atoms with Crippen molar-refractivity contribution in [3.8, 4) is 0 Å². The van der Waals surface area contributed by atoms with Crippen molar-refractivity contribution in [1.29, 1.82) is 0 Å². The zero-order valence-corrected chi connectivity index (χ0v) is 13.9. The highest BCUT2D eigenvalue weighted by Crippen LogP contribution is 2.21. The molecule has 1 atom stereocenters. The summed E-state index contributed by atoms with van der Waals surface area (Å²) in [6, 6.07) is 23.7. The Labute approximate surface area is 140 Å². The Hall–Kier alpha value is -2.23. The largest absolute Gasteiger partial charge is 0.328 e. The fraction of sp³-hybridized carbons (Fsp3) is 0.150. The zero-order chi connectivity index (χ0) is 15.6. The van der Waals surface area contributed by atoms with Gasteiger partial charge in [0.25, 0.3) is 0 Å². The molecule has 0 aliphatic heterocycles. The number of benzene rings is 3. The maximum Gasteiger partial charge on any atom is 0.148 e. The lowest BCUT2D eigenvalue weighted by molar-refractivity contribution is -0.907. The van der Waals surface area contributed by atoms with Crippen molar-refractivity contribution in [3.63, 3.8) is 0 Å². The number of quaternary nitrogens is 1. The second-order valence-corrected chi connectivity index (χ2v) is 7.18. The van der Waals surface area contributed by atoms with Gasteiger partial charge < -0.3 is 4.90 Å². The summed E-state index contributed by atoms with van der Waals surface area (Å²) >= 11 is 1.81. The van der Waals surface area contributed by atoms with Crippen LogP contribution in [0.3, 0.4) is 0 Å². The first-order valence-corrected chi connectivity index (χ1v) is 8.73. The molecule has 23 heavy (non-hydrogen) atoms. The number of hydrogen-bond donors (Lipinski definition) is 1. The monoisotopic (exact) mass is 319 g/mol. The molecule has 4 aromatic rings. The fourth-order valence-electron chi connectivity index (χ4n) is 3.01. The lowest BCUT2D eigenvalue weighted by Gasteiger charge is -2.13. The Balaban J connectivity index is 1.50. The van der Waals surface area contributed by atoms with E-state index in [0.717, 1.165) is 18.6 Å². The number of para-hydroxylation sites is 1. The normalized spacial score (nSPS) is 12.7. The second kappa shape index (κ2) is 6.11. The van der Waals surface area contributed by atoms with Crippen LogP contribution in [-0.4, -0.2) is 12.0 Å². The summed E-state index contributed by atoms with van der Waals surface area (Å²) in [7, 11) is 2.24. The molecule has 1 heterocycles. The van der Waals surface area contributed by atoms with Crippen LogP contribution in [-0.2, 0) is 13.1 Å². The number of nitrogens with one attached hydrogen (secondary N) is 1. The maximum absolute atomic E-state index is 4.74. The minimum Gasteiger partial charge on any atom is -0.328 e. The molecule has 0 fully saturated rings. The third kappa shape index (κ3) is 3.11. The highest BCUT2D eigenvalue weighted by Gasteiger charge is 2.10. The maximum atomic E-state index is 4.74. The molecule has 1 N–H and O–H groups in total. The van der Waals surface area contributed by atoms with E-state index in [2.05, 4.69) is 73.8 Å². The number of thiazole rings is 1. The summed E-state index contributed by atoms with van der Waals surface area (Å²) in [4.78, 5) is 6.20. The second-order valence-electron chi connectivity index (χ2n) is 6.07. The molecule has 3 aromatic carbocycles. The number of aromatic nitrogens is 1. The average Bonchev–Trinajstić information content (AvgIpc) is 2.96. The molecular formula is C20H19N2S+. The average molecular weight is 319 g/mol. The van der Waals surface area contributed by atoms with Gasteiger partial charge in [0.15, 0.2) is 0 Å². The smallest absolute Gasteiger partial charge is 0.148 e. The molecule has 114 valence electrons. The van der Waals surface area contributed by atoms with Crippen molar-refractivity contribution in [2.75, 3.05) is 7.05 Å². The predicted molar refractivity (Wildman–Crippen MR) is 97.9 cm³/mol. The van der Waals surface area contributed by atoms with Crippen LogP contribution in [0.5, 0.6) is 0 Å². The first-order valence-electron chi connectivity index (χ1n) is 7.91. The minimum absolute atomic E-state index is 0.964. The van der Waals surface area contributed by atoms with E-state index in [1.807, 2.05) is 0 Å². The number of nitrogens with zero attached hydrogens (tertiary/aromatic N) is 1. The molecule has 0 aliphatic rings. The summed E-state index contributed by atoms with van der Waals surface area (Å²) in [6.07, 6.45) is 0. The molecule has 0 bridgehead atoms. The quantitative estimate of drug-likeness (QED) is 0.607. The van der Waals surface area contributed by atoms with Crippen molar-refractivity contribution < 1.29 is 4.90 Å². The van der Waals surface area contributed by atoms with Crippen molar-refractivity contribution in [2.45, 2.75) is 13.1 Å². The van der Waals surface area contributed by atoms with E-state index in [4.69, 9.17) is 4.98 Å². The molecule has 0 saturated heterocycles. The number of rotatable bonds is 4. The third-order valence-electron chi connectivity index (χ3n) is 4.11. The first kappa shape index (κ1) is 14.4. The molecule has 4 rings (SSSR count). The molecule has 3 heteroatoms. The van der Waals surface area contributed by atoms with Gasteiger partial charge in [0.1, 0.15) is 18.1 Å². The van der Waals surface area contributed by atoms with Crippen LogP contribution in [0.2, 0.25) is 0 Å². The highest BCUT2D eigenvalue weighted by atomic mass is 32.1. The van der Waals surface area contributed by atoms with Crippen LogP contribution >= 0.6 is 11.3 Å². The number of hydrogen-bond acceptors (Lipinski definition) is 2. The van der Waals surface area contributed by atoms with E-state index >= 15 is 0 Å². The van der Waals surface area contributed by atoms with Crippen molar-refractivity contribution in [3.05, 3.63) is 77.3 Å². The van der Waals surface area contributed by atoms with Gasteiger partial charge in [-0.3, -0.25) is 0 Å². The number of fused-ring (bicyclic) bond motifs is 2. The molecule has 1 aromatic heterocycles. The van der Waals surface area contributed by atoms with Crippen LogP contribution < -0.4 is 4.90 Å². The van der Waals surface area contributed by atoms with E-state index in [-0.39, 0.29) is 0 Å². The highest BCUT2D eigenvalue weighted by molar-refractivity contribution is 7.18. The minimum atomic E-state index is 0.964. The molecule has 1 unspecified atom stereocenters. The summed E-state index contributed by atoms with van der Waals surface area (Å²) in [5.41, 5.74) is 2.49. The summed E-state index contributed by atoms with van der Waals surface area (Å²) in [6.45, 7) is 1.98. The molecule has 0 saturated carbocycles. The van der Waals surface area contributed by atoms with Crippen LogP contribution in [0.4, 0.5) is 0 Å². The Morgan fingerprint density at radius 1 is 0.870 bits per heavy atom.